The molecule has 2 N–H and O–H groups in total. The molecule has 6 rings (SSSR count). The Morgan fingerprint density at radius 2 is 2.15 bits per heavy atom. The third-order valence-corrected chi connectivity index (χ3v) is 9.51. The minimum Gasteiger partial charge on any atom is -0.504 e. The maximum absolute atomic E-state index is 13.4. The van der Waals surface area contributed by atoms with Crippen molar-refractivity contribution >= 4 is 17.7 Å². The number of ether oxygens (including phenoxy) is 1. The second-order valence-electron chi connectivity index (χ2n) is 11.3. The van der Waals surface area contributed by atoms with Crippen molar-refractivity contribution in [3.63, 3.8) is 0 Å². The van der Waals surface area contributed by atoms with Gasteiger partial charge in [0.15, 0.2) is 11.5 Å². The molecular weight excluding hydrogens is 498 g/mol. The van der Waals surface area contributed by atoms with Crippen molar-refractivity contribution in [3.05, 3.63) is 81.4 Å². The summed E-state index contributed by atoms with van der Waals surface area (Å²) in [5.41, 5.74) is 0.695. The first-order valence-corrected chi connectivity index (χ1v) is 13.4. The van der Waals surface area contributed by atoms with E-state index in [1.807, 2.05) is 31.2 Å². The number of rotatable bonds is 6. The fraction of sp³-hybridized carbons (Fsp3) is 0.433. The molecule has 2 heterocycles. The summed E-state index contributed by atoms with van der Waals surface area (Å²) < 4.78 is 6.48. The van der Waals surface area contributed by atoms with Gasteiger partial charge in [-0.15, -0.1) is 6.58 Å². The second-order valence-corrected chi connectivity index (χ2v) is 11.3. The molecule has 5 atom stereocenters. The number of likely N-dealkylation sites (N-methyl/N-ethyl adjacent to an activating group) is 1. The predicted octanol–water partition coefficient (Wildman–Crippen LogP) is 3.49. The molecule has 204 valence electrons. The van der Waals surface area contributed by atoms with Crippen molar-refractivity contribution in [1.29, 1.82) is 0 Å². The van der Waals surface area contributed by atoms with Gasteiger partial charge in [-0.2, -0.15) is 0 Å². The first-order valence-electron chi connectivity index (χ1n) is 13.4. The van der Waals surface area contributed by atoms with Crippen molar-refractivity contribution in [2.75, 3.05) is 20.1 Å². The summed E-state index contributed by atoms with van der Waals surface area (Å²) in [6, 6.07) is 8.25. The number of hydrogen-bond donors (Lipinski definition) is 2. The molecule has 9 heteroatoms. The summed E-state index contributed by atoms with van der Waals surface area (Å²) in [6.45, 7) is 7.05. The van der Waals surface area contributed by atoms with Gasteiger partial charge in [0.25, 0.3) is 5.69 Å². The molecule has 0 aromatic heterocycles. The van der Waals surface area contributed by atoms with Gasteiger partial charge in [0.1, 0.15) is 6.10 Å². The Kier molecular flexibility index (Phi) is 5.85. The van der Waals surface area contributed by atoms with E-state index in [0.717, 1.165) is 17.2 Å². The predicted molar refractivity (Wildman–Crippen MR) is 146 cm³/mol. The number of aromatic hydroxyl groups is 1. The van der Waals surface area contributed by atoms with Crippen molar-refractivity contribution < 1.29 is 24.7 Å². The number of nitro groups is 1. The van der Waals surface area contributed by atoms with E-state index in [1.165, 1.54) is 0 Å². The number of carbonyl (C=O) groups excluding carboxylic acids is 1. The average Bonchev–Trinajstić information content (AvgIpc) is 3.25. The van der Waals surface area contributed by atoms with Gasteiger partial charge >= 0.3 is 0 Å². The quantitative estimate of drug-likeness (QED) is 0.254. The van der Waals surface area contributed by atoms with Gasteiger partial charge in [0.2, 0.25) is 5.91 Å². The zero-order valence-corrected chi connectivity index (χ0v) is 22.2. The highest BCUT2D eigenvalue weighted by Crippen LogP contribution is 2.67. The minimum absolute atomic E-state index is 0.157. The Labute approximate surface area is 227 Å². The lowest BCUT2D eigenvalue weighted by Gasteiger charge is -2.64. The van der Waals surface area contributed by atoms with Gasteiger partial charge in [0, 0.05) is 36.8 Å². The van der Waals surface area contributed by atoms with Gasteiger partial charge in [-0.3, -0.25) is 19.8 Å². The molecule has 2 fully saturated rings. The van der Waals surface area contributed by atoms with Crippen LogP contribution in [0, 0.1) is 17.0 Å². The first kappa shape index (κ1) is 25.6. The molecule has 2 aliphatic carbocycles. The number of nitrogens with zero attached hydrogens (tertiary/aromatic N) is 3. The molecule has 2 aliphatic heterocycles. The highest BCUT2D eigenvalue weighted by molar-refractivity contribution is 5.92. The summed E-state index contributed by atoms with van der Waals surface area (Å²) in [5, 5.41) is 35.5. The van der Waals surface area contributed by atoms with Crippen LogP contribution in [0.2, 0.25) is 0 Å². The number of hydrogen-bond acceptors (Lipinski definition) is 7. The lowest BCUT2D eigenvalue weighted by Crippen LogP contribution is -2.78. The number of benzene rings is 2. The van der Waals surface area contributed by atoms with Crippen LogP contribution in [0.4, 0.5) is 5.69 Å². The van der Waals surface area contributed by atoms with E-state index in [4.69, 9.17) is 4.74 Å². The zero-order valence-electron chi connectivity index (χ0n) is 22.2. The van der Waals surface area contributed by atoms with Crippen molar-refractivity contribution in [2.45, 2.75) is 61.8 Å². The Hall–Kier alpha value is -3.69. The third-order valence-electron chi connectivity index (χ3n) is 9.51. The highest BCUT2D eigenvalue weighted by atomic mass is 16.6. The number of aliphatic hydroxyl groups is 1. The van der Waals surface area contributed by atoms with Crippen LogP contribution in [0.1, 0.15) is 41.5 Å². The fourth-order valence-corrected chi connectivity index (χ4v) is 7.84. The van der Waals surface area contributed by atoms with E-state index in [-0.39, 0.29) is 35.6 Å². The summed E-state index contributed by atoms with van der Waals surface area (Å²) >= 11 is 0. The molecular formula is C30H33N3O6. The second kappa shape index (κ2) is 8.93. The normalized spacial score (nSPS) is 30.5. The maximum Gasteiger partial charge on any atom is 0.276 e. The van der Waals surface area contributed by atoms with Gasteiger partial charge in [-0.1, -0.05) is 35.9 Å². The van der Waals surface area contributed by atoms with E-state index in [0.29, 0.717) is 43.5 Å². The molecule has 0 radical (unpaired) electrons. The van der Waals surface area contributed by atoms with E-state index in [9.17, 15) is 25.1 Å². The Balaban J connectivity index is 1.43. The lowest BCUT2D eigenvalue weighted by molar-refractivity contribution is -0.386. The largest absolute Gasteiger partial charge is 0.504 e. The van der Waals surface area contributed by atoms with Crippen LogP contribution in [0.15, 0.2) is 49.1 Å². The molecule has 4 aliphatic rings. The van der Waals surface area contributed by atoms with Crippen molar-refractivity contribution in [1.82, 2.24) is 9.80 Å². The average molecular weight is 532 g/mol. The van der Waals surface area contributed by atoms with Crippen LogP contribution in [-0.4, -0.2) is 74.8 Å². The molecule has 1 amide bonds. The number of nitro benzene ring substituents is 1. The molecule has 2 aromatic carbocycles. The third kappa shape index (κ3) is 3.49. The number of phenols is 1. The molecule has 39 heavy (non-hydrogen) atoms. The lowest BCUT2D eigenvalue weighted by atomic mass is 9.48. The van der Waals surface area contributed by atoms with Crippen LogP contribution in [0.3, 0.4) is 0 Å². The fourth-order valence-electron chi connectivity index (χ4n) is 7.84. The van der Waals surface area contributed by atoms with Crippen LogP contribution >= 0.6 is 0 Å². The first-order chi connectivity index (χ1) is 18.6. The molecule has 2 aromatic rings. The van der Waals surface area contributed by atoms with Crippen LogP contribution in [0.25, 0.3) is 6.08 Å². The SMILES string of the molecule is C=CCN1CC[C@]23c4c5c([N+](=O)[O-])cc(O)c4O[C@H]2[C@@H](N(C)C(=O)C=Cc2cccc(C)c2)CC[C@@]3(O)[C@H]1C5. The Morgan fingerprint density at radius 3 is 2.87 bits per heavy atom. The maximum atomic E-state index is 13.4. The summed E-state index contributed by atoms with van der Waals surface area (Å²) in [5.74, 6) is -0.293. The zero-order chi connectivity index (χ0) is 27.7. The van der Waals surface area contributed by atoms with Crippen LogP contribution in [0.5, 0.6) is 11.5 Å². The van der Waals surface area contributed by atoms with E-state index in [2.05, 4.69) is 11.5 Å². The van der Waals surface area contributed by atoms with E-state index < -0.39 is 28.1 Å². The summed E-state index contributed by atoms with van der Waals surface area (Å²) in [6.07, 6.45) is 6.11. The molecule has 1 spiro atoms. The number of phenolic OH excluding ortho intramolecular Hbond substituents is 1. The van der Waals surface area contributed by atoms with E-state index in [1.54, 1.807) is 30.2 Å². The highest BCUT2D eigenvalue weighted by Gasteiger charge is 2.74. The van der Waals surface area contributed by atoms with Crippen molar-refractivity contribution in [3.8, 4) is 11.5 Å². The van der Waals surface area contributed by atoms with Gasteiger partial charge in [0.05, 0.1) is 28.0 Å². The van der Waals surface area contributed by atoms with Gasteiger partial charge in [-0.25, -0.2) is 0 Å². The van der Waals surface area contributed by atoms with Gasteiger partial charge < -0.3 is 19.8 Å². The topological polar surface area (TPSA) is 116 Å². The number of likely N-dealkylation sites (tertiary alicyclic amines) is 1. The molecule has 2 bridgehead atoms. The summed E-state index contributed by atoms with van der Waals surface area (Å²) in [7, 11) is 1.73. The molecule has 1 saturated carbocycles. The minimum atomic E-state index is -1.24. The molecule has 0 unspecified atom stereocenters. The number of amides is 1. The Morgan fingerprint density at radius 1 is 1.36 bits per heavy atom. The molecule has 9 nitrogen and oxygen atoms in total. The number of piperidine rings is 1. The smallest absolute Gasteiger partial charge is 0.276 e. The van der Waals surface area contributed by atoms with Crippen LogP contribution < -0.4 is 4.74 Å². The number of carbonyl (C=O) groups is 1. The standard InChI is InChI=1S/C30H33N3O6/c1-4-13-32-14-12-29-26-20-16-24(32)30(29,36)11-10-21(28(29)39-27(26)23(34)17-22(20)33(37)38)31(3)25(35)9-8-19-7-5-6-18(2)15-19/h4-9,15,17,21,24,28,34,36H,1,10-14,16H2,2-3H3/t21-,24+,28-,29-,30+/m0/s1. The molecule has 1 saturated heterocycles. The van der Waals surface area contributed by atoms with Crippen LogP contribution in [-0.2, 0) is 16.6 Å². The summed E-state index contributed by atoms with van der Waals surface area (Å²) in [4.78, 5) is 28.8. The van der Waals surface area contributed by atoms with Gasteiger partial charge in [-0.05, 0) is 50.8 Å². The van der Waals surface area contributed by atoms with E-state index >= 15 is 0 Å². The monoisotopic (exact) mass is 531 g/mol. The Bertz CT molecular complexity index is 1420. The number of aryl methyl sites for hydroxylation is 1. The van der Waals surface area contributed by atoms with Crippen molar-refractivity contribution in [2.24, 2.45) is 0 Å².